The first-order valence-electron chi connectivity index (χ1n) is 6.63. The minimum atomic E-state index is -0.483. The summed E-state index contributed by atoms with van der Waals surface area (Å²) >= 11 is 1.47. The van der Waals surface area contributed by atoms with Gasteiger partial charge in [0.25, 0.3) is 0 Å². The summed E-state index contributed by atoms with van der Waals surface area (Å²) < 4.78 is 6.21. The van der Waals surface area contributed by atoms with E-state index in [1.165, 1.54) is 11.3 Å². The van der Waals surface area contributed by atoms with Crippen molar-refractivity contribution < 1.29 is 9.53 Å². The molecule has 1 aromatic heterocycles. The Morgan fingerprint density at radius 1 is 1.48 bits per heavy atom. The number of benzene rings is 1. The lowest BCUT2D eigenvalue weighted by molar-refractivity contribution is 0.0534. The van der Waals surface area contributed by atoms with Crippen LogP contribution in [-0.2, 0) is 4.74 Å². The average molecular weight is 305 g/mol. The van der Waals surface area contributed by atoms with Gasteiger partial charge in [0.2, 0.25) is 0 Å². The van der Waals surface area contributed by atoms with E-state index in [1.54, 1.807) is 0 Å². The predicted octanol–water partition coefficient (Wildman–Crippen LogP) is 3.42. The van der Waals surface area contributed by atoms with Crippen molar-refractivity contribution in [2.45, 2.75) is 26.4 Å². The molecule has 0 fully saturated rings. The minimum Gasteiger partial charge on any atom is -0.444 e. The first kappa shape index (κ1) is 15.3. The van der Waals surface area contributed by atoms with E-state index in [9.17, 15) is 4.79 Å². The molecule has 1 amide bonds. The lowest BCUT2D eigenvalue weighted by Gasteiger charge is -2.19. The third-order valence-corrected chi connectivity index (χ3v) is 3.37. The van der Waals surface area contributed by atoms with Crippen LogP contribution in [0.1, 0.15) is 26.3 Å². The molecule has 21 heavy (non-hydrogen) atoms. The van der Waals surface area contributed by atoms with Crippen molar-refractivity contribution in [1.82, 2.24) is 10.3 Å². The number of hydrogen-bond donors (Lipinski definition) is 2. The van der Waals surface area contributed by atoms with E-state index < -0.39 is 11.7 Å². The second-order valence-electron chi connectivity index (χ2n) is 5.56. The van der Waals surface area contributed by atoms with E-state index in [0.29, 0.717) is 11.7 Å². The third-order valence-electron chi connectivity index (χ3n) is 2.50. The standard InChI is InChI=1S/C15H19N3O2S/c1-15(2,3)20-14(19)17-8-4-5-10-6-7-12-11(9-10)18-13(16)21-12/h4-7,9H,8H2,1-3H3,(H2,16,18)(H,17,19). The van der Waals surface area contributed by atoms with Crippen molar-refractivity contribution in [1.29, 1.82) is 0 Å². The van der Waals surface area contributed by atoms with E-state index in [0.717, 1.165) is 15.8 Å². The molecule has 0 radical (unpaired) electrons. The molecule has 2 rings (SSSR count). The first-order valence-corrected chi connectivity index (χ1v) is 7.44. The number of fused-ring (bicyclic) bond motifs is 1. The maximum Gasteiger partial charge on any atom is 0.407 e. The second-order valence-corrected chi connectivity index (χ2v) is 6.63. The molecular weight excluding hydrogens is 286 g/mol. The molecule has 2 aromatic rings. The van der Waals surface area contributed by atoms with Crippen LogP contribution < -0.4 is 11.1 Å². The van der Waals surface area contributed by atoms with Gasteiger partial charge in [-0.2, -0.15) is 0 Å². The van der Waals surface area contributed by atoms with Gasteiger partial charge >= 0.3 is 6.09 Å². The van der Waals surface area contributed by atoms with Crippen LogP contribution in [0, 0.1) is 0 Å². The zero-order valence-corrected chi connectivity index (χ0v) is 13.2. The number of aromatic nitrogens is 1. The number of carbonyl (C=O) groups is 1. The highest BCUT2D eigenvalue weighted by Gasteiger charge is 2.14. The fourth-order valence-corrected chi connectivity index (χ4v) is 2.43. The van der Waals surface area contributed by atoms with Crippen LogP contribution >= 0.6 is 11.3 Å². The smallest absolute Gasteiger partial charge is 0.407 e. The van der Waals surface area contributed by atoms with Gasteiger partial charge in [-0.1, -0.05) is 29.6 Å². The predicted molar refractivity (Wildman–Crippen MR) is 87.3 cm³/mol. The van der Waals surface area contributed by atoms with Crippen LogP contribution in [0.25, 0.3) is 16.3 Å². The fourth-order valence-electron chi connectivity index (χ4n) is 1.72. The maximum atomic E-state index is 11.5. The van der Waals surface area contributed by atoms with Gasteiger partial charge in [-0.05, 0) is 38.5 Å². The molecular formula is C15H19N3O2S. The molecule has 0 aliphatic heterocycles. The number of nitrogens with two attached hydrogens (primary N) is 1. The van der Waals surface area contributed by atoms with Crippen molar-refractivity contribution in [3.63, 3.8) is 0 Å². The maximum absolute atomic E-state index is 11.5. The Kier molecular flexibility index (Phi) is 4.47. The number of amides is 1. The van der Waals surface area contributed by atoms with Crippen molar-refractivity contribution >= 4 is 38.9 Å². The van der Waals surface area contributed by atoms with Crippen LogP contribution in [0.2, 0.25) is 0 Å². The molecule has 0 unspecified atom stereocenters. The summed E-state index contributed by atoms with van der Waals surface area (Å²) in [5, 5.41) is 3.24. The Labute approximate surface area is 127 Å². The van der Waals surface area contributed by atoms with Crippen LogP contribution in [0.3, 0.4) is 0 Å². The number of nitrogen functional groups attached to an aromatic ring is 1. The van der Waals surface area contributed by atoms with Gasteiger partial charge in [0.1, 0.15) is 5.60 Å². The van der Waals surface area contributed by atoms with Gasteiger partial charge in [0.05, 0.1) is 10.2 Å². The number of ether oxygens (including phenoxy) is 1. The topological polar surface area (TPSA) is 77.2 Å². The summed E-state index contributed by atoms with van der Waals surface area (Å²) in [4.78, 5) is 15.7. The van der Waals surface area contributed by atoms with Gasteiger partial charge in [-0.15, -0.1) is 0 Å². The summed E-state index contributed by atoms with van der Waals surface area (Å²) in [7, 11) is 0. The molecule has 5 nitrogen and oxygen atoms in total. The molecule has 0 aliphatic carbocycles. The van der Waals surface area contributed by atoms with E-state index in [-0.39, 0.29) is 0 Å². The Hall–Kier alpha value is -2.08. The van der Waals surface area contributed by atoms with Gasteiger partial charge in [-0.3, -0.25) is 0 Å². The summed E-state index contributed by atoms with van der Waals surface area (Å²) in [6.45, 7) is 5.90. The van der Waals surface area contributed by atoms with E-state index >= 15 is 0 Å². The number of alkyl carbamates (subject to hydrolysis) is 1. The molecule has 1 heterocycles. The Morgan fingerprint density at radius 2 is 2.24 bits per heavy atom. The van der Waals surface area contributed by atoms with Crippen LogP contribution in [0.5, 0.6) is 0 Å². The lowest BCUT2D eigenvalue weighted by Crippen LogP contribution is -2.32. The number of nitrogens with zero attached hydrogens (tertiary/aromatic N) is 1. The fraction of sp³-hybridized carbons (Fsp3) is 0.333. The number of thiazole rings is 1. The number of anilines is 1. The lowest BCUT2D eigenvalue weighted by atomic mass is 10.2. The normalized spacial score (nSPS) is 12.0. The molecule has 0 atom stereocenters. The molecule has 112 valence electrons. The Balaban J connectivity index is 1.89. The van der Waals surface area contributed by atoms with Gasteiger partial charge in [0.15, 0.2) is 5.13 Å². The Morgan fingerprint density at radius 3 is 2.95 bits per heavy atom. The summed E-state index contributed by atoms with van der Waals surface area (Å²) in [5.74, 6) is 0. The Bertz CT molecular complexity index is 671. The highest BCUT2D eigenvalue weighted by Crippen LogP contribution is 2.24. The summed E-state index contributed by atoms with van der Waals surface area (Å²) in [6.07, 6.45) is 3.36. The van der Waals surface area contributed by atoms with Crippen molar-refractivity contribution in [2.24, 2.45) is 0 Å². The zero-order valence-electron chi connectivity index (χ0n) is 12.3. The molecule has 6 heteroatoms. The molecule has 0 aliphatic rings. The quantitative estimate of drug-likeness (QED) is 0.911. The number of rotatable bonds is 3. The molecule has 0 bridgehead atoms. The van der Waals surface area contributed by atoms with Crippen molar-refractivity contribution in [2.75, 3.05) is 12.3 Å². The zero-order chi connectivity index (χ0) is 15.5. The van der Waals surface area contributed by atoms with E-state index in [1.807, 2.05) is 51.1 Å². The summed E-state index contributed by atoms with van der Waals surface area (Å²) in [5.41, 5.74) is 7.09. The van der Waals surface area contributed by atoms with E-state index in [2.05, 4.69) is 10.3 Å². The van der Waals surface area contributed by atoms with Crippen LogP contribution in [0.15, 0.2) is 24.3 Å². The van der Waals surface area contributed by atoms with Crippen LogP contribution in [-0.4, -0.2) is 23.2 Å². The molecule has 0 spiro atoms. The number of hydrogen-bond acceptors (Lipinski definition) is 5. The largest absolute Gasteiger partial charge is 0.444 e. The third kappa shape index (κ3) is 4.75. The van der Waals surface area contributed by atoms with Gasteiger partial charge < -0.3 is 15.8 Å². The summed E-state index contributed by atoms with van der Waals surface area (Å²) in [6, 6.07) is 5.94. The van der Waals surface area contributed by atoms with E-state index in [4.69, 9.17) is 10.5 Å². The highest BCUT2D eigenvalue weighted by atomic mass is 32.1. The second kappa shape index (κ2) is 6.13. The SMILES string of the molecule is CC(C)(C)OC(=O)NCC=Cc1ccc2sc(N)nc2c1. The van der Waals surface area contributed by atoms with Gasteiger partial charge in [0, 0.05) is 6.54 Å². The minimum absolute atomic E-state index is 0.409. The number of nitrogens with one attached hydrogen (secondary N) is 1. The van der Waals surface area contributed by atoms with Gasteiger partial charge in [-0.25, -0.2) is 9.78 Å². The highest BCUT2D eigenvalue weighted by molar-refractivity contribution is 7.22. The van der Waals surface area contributed by atoms with Crippen LogP contribution in [0.4, 0.5) is 9.93 Å². The number of carbonyl (C=O) groups excluding carboxylic acids is 1. The first-order chi connectivity index (χ1) is 9.83. The molecule has 0 saturated heterocycles. The molecule has 3 N–H and O–H groups in total. The van der Waals surface area contributed by atoms with Crippen molar-refractivity contribution in [3.05, 3.63) is 29.8 Å². The molecule has 0 saturated carbocycles. The molecule has 1 aromatic carbocycles. The average Bonchev–Trinajstić information content (AvgIpc) is 2.71. The monoisotopic (exact) mass is 305 g/mol. The van der Waals surface area contributed by atoms with Crippen molar-refractivity contribution in [3.8, 4) is 0 Å².